The predicted molar refractivity (Wildman–Crippen MR) is 74.4 cm³/mol. The number of nitrogens with one attached hydrogen (secondary N) is 1. The molecule has 1 aromatic carbocycles. The van der Waals surface area contributed by atoms with E-state index in [1.807, 2.05) is 0 Å². The molecular formula is C13H16ClNO4. The predicted octanol–water partition coefficient (Wildman–Crippen LogP) is 3.05. The van der Waals surface area contributed by atoms with Crippen molar-refractivity contribution in [3.63, 3.8) is 0 Å². The second kappa shape index (κ2) is 8.26. The minimum Gasteiger partial charge on any atom is -0.497 e. The SMILES string of the molecule is COc1cc(NC(=O)OCC=CCCl)cc(OC)c1. The van der Waals surface area contributed by atoms with Gasteiger partial charge < -0.3 is 14.2 Å². The Bertz CT molecular complexity index is 426. The van der Waals surface area contributed by atoms with Gasteiger partial charge in [0.05, 0.1) is 19.9 Å². The number of benzene rings is 1. The van der Waals surface area contributed by atoms with Crippen LogP contribution >= 0.6 is 11.6 Å². The van der Waals surface area contributed by atoms with Gasteiger partial charge in [-0.15, -0.1) is 11.6 Å². The molecule has 6 heteroatoms. The van der Waals surface area contributed by atoms with Crippen molar-refractivity contribution in [3.8, 4) is 11.5 Å². The smallest absolute Gasteiger partial charge is 0.411 e. The van der Waals surface area contributed by atoms with Gasteiger partial charge in [-0.1, -0.05) is 6.08 Å². The highest BCUT2D eigenvalue weighted by Crippen LogP contribution is 2.25. The summed E-state index contributed by atoms with van der Waals surface area (Å²) in [5, 5.41) is 2.58. The van der Waals surface area contributed by atoms with Gasteiger partial charge in [-0.2, -0.15) is 0 Å². The molecule has 0 spiro atoms. The van der Waals surface area contributed by atoms with Crippen LogP contribution in [0.25, 0.3) is 0 Å². The van der Waals surface area contributed by atoms with E-state index in [2.05, 4.69) is 5.32 Å². The third-order valence-electron chi connectivity index (χ3n) is 2.16. The highest BCUT2D eigenvalue weighted by molar-refractivity contribution is 6.18. The first kappa shape index (κ1) is 15.2. The van der Waals surface area contributed by atoms with E-state index in [-0.39, 0.29) is 6.61 Å². The van der Waals surface area contributed by atoms with Gasteiger partial charge in [0.15, 0.2) is 0 Å². The largest absolute Gasteiger partial charge is 0.497 e. The second-order valence-corrected chi connectivity index (χ2v) is 3.76. The number of amides is 1. The maximum atomic E-state index is 11.5. The minimum absolute atomic E-state index is 0.166. The van der Waals surface area contributed by atoms with Crippen LogP contribution < -0.4 is 14.8 Å². The Hall–Kier alpha value is -1.88. The van der Waals surface area contributed by atoms with Gasteiger partial charge in [-0.3, -0.25) is 5.32 Å². The van der Waals surface area contributed by atoms with Gasteiger partial charge >= 0.3 is 6.09 Å². The minimum atomic E-state index is -0.561. The summed E-state index contributed by atoms with van der Waals surface area (Å²) < 4.78 is 15.1. The maximum absolute atomic E-state index is 11.5. The number of carbonyl (C=O) groups excluding carboxylic acids is 1. The molecule has 1 amide bonds. The van der Waals surface area contributed by atoms with Crippen LogP contribution in [0.2, 0.25) is 0 Å². The van der Waals surface area contributed by atoms with Gasteiger partial charge in [0, 0.05) is 24.1 Å². The van der Waals surface area contributed by atoms with Crippen molar-refractivity contribution >= 4 is 23.4 Å². The van der Waals surface area contributed by atoms with E-state index in [4.69, 9.17) is 25.8 Å². The lowest BCUT2D eigenvalue weighted by Gasteiger charge is -2.09. The number of hydrogen-bond donors (Lipinski definition) is 1. The van der Waals surface area contributed by atoms with Crippen molar-refractivity contribution in [3.05, 3.63) is 30.4 Å². The fourth-order valence-corrected chi connectivity index (χ4v) is 1.41. The maximum Gasteiger partial charge on any atom is 0.411 e. The molecule has 0 heterocycles. The molecule has 1 N–H and O–H groups in total. The van der Waals surface area contributed by atoms with Crippen molar-refractivity contribution < 1.29 is 19.0 Å². The molecule has 0 radical (unpaired) electrons. The Balaban J connectivity index is 2.60. The van der Waals surface area contributed by atoms with Crippen LogP contribution in [0.3, 0.4) is 0 Å². The molecule has 0 aliphatic carbocycles. The quantitative estimate of drug-likeness (QED) is 0.645. The Kier molecular flexibility index (Phi) is 6.60. The van der Waals surface area contributed by atoms with Gasteiger partial charge in [-0.05, 0) is 6.08 Å². The molecule has 5 nitrogen and oxygen atoms in total. The molecule has 104 valence electrons. The lowest BCUT2D eigenvalue weighted by molar-refractivity contribution is 0.174. The second-order valence-electron chi connectivity index (χ2n) is 3.45. The van der Waals surface area contributed by atoms with E-state index in [0.717, 1.165) is 0 Å². The molecule has 0 saturated carbocycles. The lowest BCUT2D eigenvalue weighted by Crippen LogP contribution is -2.13. The number of ether oxygens (including phenoxy) is 3. The normalized spacial score (nSPS) is 10.3. The van der Waals surface area contributed by atoms with E-state index in [1.54, 1.807) is 30.4 Å². The van der Waals surface area contributed by atoms with Crippen LogP contribution in [0.15, 0.2) is 30.4 Å². The topological polar surface area (TPSA) is 56.8 Å². The number of hydrogen-bond acceptors (Lipinski definition) is 4. The zero-order valence-electron chi connectivity index (χ0n) is 10.8. The monoisotopic (exact) mass is 285 g/mol. The molecule has 1 rings (SSSR count). The summed E-state index contributed by atoms with van der Waals surface area (Å²) in [5.74, 6) is 1.55. The van der Waals surface area contributed by atoms with Gasteiger partial charge in [0.2, 0.25) is 0 Å². The first-order valence-corrected chi connectivity index (χ1v) is 6.11. The highest BCUT2D eigenvalue weighted by Gasteiger charge is 2.06. The molecule has 0 atom stereocenters. The van der Waals surface area contributed by atoms with Crippen LogP contribution in [0, 0.1) is 0 Å². The summed E-state index contributed by atoms with van der Waals surface area (Å²) in [5.41, 5.74) is 0.530. The standard InChI is InChI=1S/C13H16ClNO4/c1-17-11-7-10(8-12(9-11)18-2)15-13(16)19-6-4-3-5-14/h3-4,7-9H,5-6H2,1-2H3,(H,15,16). The Morgan fingerprint density at radius 2 is 1.84 bits per heavy atom. The summed E-state index contributed by atoms with van der Waals surface area (Å²) in [6, 6.07) is 5.04. The highest BCUT2D eigenvalue weighted by atomic mass is 35.5. The average molecular weight is 286 g/mol. The number of alkyl halides is 1. The molecule has 19 heavy (non-hydrogen) atoms. The van der Waals surface area contributed by atoms with Crippen LogP contribution in [-0.4, -0.2) is 32.8 Å². The summed E-state index contributed by atoms with van der Waals surface area (Å²) >= 11 is 5.44. The average Bonchev–Trinajstić information content (AvgIpc) is 2.43. The van der Waals surface area contributed by atoms with Gasteiger partial charge in [0.1, 0.15) is 18.1 Å². The summed E-state index contributed by atoms with van der Waals surface area (Å²) in [4.78, 5) is 11.5. The van der Waals surface area contributed by atoms with Crippen LogP contribution in [-0.2, 0) is 4.74 Å². The van der Waals surface area contributed by atoms with E-state index < -0.39 is 6.09 Å². The lowest BCUT2D eigenvalue weighted by atomic mass is 10.3. The number of carbonyl (C=O) groups is 1. The van der Waals surface area contributed by atoms with Gasteiger partial charge in [-0.25, -0.2) is 4.79 Å². The molecule has 0 unspecified atom stereocenters. The third kappa shape index (κ3) is 5.52. The summed E-state index contributed by atoms with van der Waals surface area (Å²) in [7, 11) is 3.07. The number of anilines is 1. The zero-order valence-corrected chi connectivity index (χ0v) is 11.6. The molecule has 0 aromatic heterocycles. The number of halogens is 1. The number of allylic oxidation sites excluding steroid dienone is 1. The number of methoxy groups -OCH3 is 2. The molecule has 0 aliphatic rings. The Labute approximate surface area is 117 Å². The van der Waals surface area contributed by atoms with Crippen LogP contribution in [0.4, 0.5) is 10.5 Å². The van der Waals surface area contributed by atoms with Crippen molar-refractivity contribution in [2.45, 2.75) is 0 Å². The Morgan fingerprint density at radius 1 is 1.21 bits per heavy atom. The zero-order chi connectivity index (χ0) is 14.1. The summed E-state index contributed by atoms with van der Waals surface area (Å²) in [6.45, 7) is 0.166. The van der Waals surface area contributed by atoms with Crippen molar-refractivity contribution in [1.29, 1.82) is 0 Å². The third-order valence-corrected chi connectivity index (χ3v) is 2.34. The van der Waals surface area contributed by atoms with E-state index in [1.165, 1.54) is 14.2 Å². The molecule has 0 aliphatic heterocycles. The van der Waals surface area contributed by atoms with E-state index in [9.17, 15) is 4.79 Å². The van der Waals surface area contributed by atoms with E-state index >= 15 is 0 Å². The molecule has 1 aromatic rings. The molecule has 0 bridgehead atoms. The van der Waals surface area contributed by atoms with Crippen LogP contribution in [0.1, 0.15) is 0 Å². The van der Waals surface area contributed by atoms with Crippen molar-refractivity contribution in [1.82, 2.24) is 0 Å². The first-order chi connectivity index (χ1) is 9.19. The fraction of sp³-hybridized carbons (Fsp3) is 0.308. The fourth-order valence-electron chi connectivity index (χ4n) is 1.29. The number of rotatable bonds is 6. The van der Waals surface area contributed by atoms with Crippen LogP contribution in [0.5, 0.6) is 11.5 Å². The molecule has 0 fully saturated rings. The van der Waals surface area contributed by atoms with Crippen molar-refractivity contribution in [2.24, 2.45) is 0 Å². The Morgan fingerprint density at radius 3 is 2.37 bits per heavy atom. The van der Waals surface area contributed by atoms with Crippen molar-refractivity contribution in [2.75, 3.05) is 32.0 Å². The summed E-state index contributed by atoms with van der Waals surface area (Å²) in [6.07, 6.45) is 2.80. The first-order valence-electron chi connectivity index (χ1n) is 5.57. The molecule has 0 saturated heterocycles. The molecular weight excluding hydrogens is 270 g/mol. The van der Waals surface area contributed by atoms with E-state index in [0.29, 0.717) is 23.1 Å². The van der Waals surface area contributed by atoms with Gasteiger partial charge in [0.25, 0.3) is 0 Å².